The Hall–Kier alpha value is -2.97. The fraction of sp³-hybridized carbons (Fsp3) is 0.111. The van der Waals surface area contributed by atoms with Crippen molar-refractivity contribution in [3.63, 3.8) is 0 Å². The molecule has 0 radical (unpaired) electrons. The average molecular weight is 400 g/mol. The third kappa shape index (κ3) is 3.62. The zero-order valence-electron chi connectivity index (χ0n) is 14.2. The summed E-state index contributed by atoms with van der Waals surface area (Å²) >= 11 is 7.44. The van der Waals surface area contributed by atoms with Crippen LogP contribution < -0.4 is 10.1 Å². The molecule has 0 spiro atoms. The van der Waals surface area contributed by atoms with E-state index in [1.807, 2.05) is 31.2 Å². The summed E-state index contributed by atoms with van der Waals surface area (Å²) in [5.74, 6) is 0.885. The summed E-state index contributed by atoms with van der Waals surface area (Å²) in [5.41, 5.74) is 1.45. The number of aromatic nitrogens is 4. The number of rotatable bonds is 5. The van der Waals surface area contributed by atoms with Crippen LogP contribution in [-0.4, -0.2) is 32.3 Å². The van der Waals surface area contributed by atoms with Crippen molar-refractivity contribution in [1.82, 2.24) is 19.8 Å². The predicted molar refractivity (Wildman–Crippen MR) is 104 cm³/mol. The maximum atomic E-state index is 12.3. The van der Waals surface area contributed by atoms with E-state index in [0.29, 0.717) is 27.2 Å². The zero-order chi connectivity index (χ0) is 18.8. The van der Waals surface area contributed by atoms with Crippen LogP contribution in [0, 0.1) is 6.92 Å². The Kier molecular flexibility index (Phi) is 4.74. The molecule has 0 fully saturated rings. The van der Waals surface area contributed by atoms with Gasteiger partial charge in [-0.25, -0.2) is 0 Å². The number of ether oxygens (including phenoxy) is 1. The van der Waals surface area contributed by atoms with Gasteiger partial charge in [-0.15, -0.1) is 10.2 Å². The van der Waals surface area contributed by atoms with E-state index in [1.165, 1.54) is 11.3 Å². The number of nitrogens with one attached hydrogen (secondary N) is 1. The quantitative estimate of drug-likeness (QED) is 0.551. The van der Waals surface area contributed by atoms with Crippen molar-refractivity contribution in [3.05, 3.63) is 59.4 Å². The molecule has 2 heterocycles. The van der Waals surface area contributed by atoms with Gasteiger partial charge in [0, 0.05) is 5.56 Å². The highest BCUT2D eigenvalue weighted by molar-refractivity contribution is 7.19. The monoisotopic (exact) mass is 399 g/mol. The summed E-state index contributed by atoms with van der Waals surface area (Å²) in [4.78, 5) is 13.0. The van der Waals surface area contributed by atoms with Gasteiger partial charge < -0.3 is 10.1 Å². The van der Waals surface area contributed by atoms with E-state index < -0.39 is 0 Å². The van der Waals surface area contributed by atoms with Gasteiger partial charge in [0.1, 0.15) is 10.8 Å². The van der Waals surface area contributed by atoms with E-state index >= 15 is 0 Å². The van der Waals surface area contributed by atoms with E-state index in [2.05, 4.69) is 20.6 Å². The third-order valence-corrected chi connectivity index (χ3v) is 5.02. The molecule has 0 saturated carbocycles. The Morgan fingerprint density at radius 2 is 1.96 bits per heavy atom. The number of aryl methyl sites for hydroxylation is 1. The number of halogens is 1. The summed E-state index contributed by atoms with van der Waals surface area (Å²) < 4.78 is 7.17. The van der Waals surface area contributed by atoms with Crippen molar-refractivity contribution in [1.29, 1.82) is 0 Å². The number of nitrogens with zero attached hydrogens (tertiary/aromatic N) is 4. The molecular formula is C18H14ClN5O2S. The van der Waals surface area contributed by atoms with Gasteiger partial charge in [0.15, 0.2) is 12.4 Å². The molecule has 136 valence electrons. The molecule has 0 aliphatic carbocycles. The van der Waals surface area contributed by atoms with Gasteiger partial charge in [0.05, 0.1) is 10.7 Å². The second-order valence-electron chi connectivity index (χ2n) is 5.66. The number of carbonyl (C=O) groups is 1. The van der Waals surface area contributed by atoms with Gasteiger partial charge in [-0.05, 0) is 31.2 Å². The lowest BCUT2D eigenvalue weighted by Crippen LogP contribution is -2.20. The van der Waals surface area contributed by atoms with Crippen LogP contribution in [0.3, 0.4) is 0 Å². The molecule has 1 amide bonds. The van der Waals surface area contributed by atoms with Crippen molar-refractivity contribution in [3.8, 4) is 16.3 Å². The van der Waals surface area contributed by atoms with Crippen LogP contribution in [0.15, 0.2) is 48.5 Å². The Morgan fingerprint density at radius 3 is 2.78 bits per heavy atom. The number of anilines is 1. The summed E-state index contributed by atoms with van der Waals surface area (Å²) in [6, 6.07) is 14.5. The van der Waals surface area contributed by atoms with Crippen molar-refractivity contribution in [2.75, 3.05) is 11.9 Å². The number of carbonyl (C=O) groups excluding carboxylic acids is 1. The Bertz CT molecular complexity index is 1120. The van der Waals surface area contributed by atoms with Crippen molar-refractivity contribution >= 4 is 39.5 Å². The van der Waals surface area contributed by atoms with Crippen LogP contribution in [-0.2, 0) is 4.79 Å². The Balaban J connectivity index is 1.52. The van der Waals surface area contributed by atoms with E-state index in [9.17, 15) is 4.79 Å². The molecule has 4 aromatic rings. The van der Waals surface area contributed by atoms with Crippen LogP contribution in [0.4, 0.5) is 5.69 Å². The highest BCUT2D eigenvalue weighted by Gasteiger charge is 2.15. The zero-order valence-corrected chi connectivity index (χ0v) is 15.8. The van der Waals surface area contributed by atoms with Gasteiger partial charge in [-0.3, -0.25) is 4.79 Å². The maximum absolute atomic E-state index is 12.3. The van der Waals surface area contributed by atoms with Crippen LogP contribution in [0.1, 0.15) is 5.82 Å². The number of hydrogen-bond acceptors (Lipinski definition) is 6. The number of hydrogen-bond donors (Lipinski definition) is 1. The molecule has 0 unspecified atom stereocenters. The number of fused-ring (bicyclic) bond motifs is 1. The number of benzene rings is 2. The van der Waals surface area contributed by atoms with Crippen LogP contribution >= 0.6 is 22.9 Å². The largest absolute Gasteiger partial charge is 0.482 e. The summed E-state index contributed by atoms with van der Waals surface area (Å²) in [6.45, 7) is 1.69. The summed E-state index contributed by atoms with van der Waals surface area (Å²) in [7, 11) is 0. The lowest BCUT2D eigenvalue weighted by molar-refractivity contribution is -0.118. The average Bonchev–Trinajstić information content (AvgIpc) is 3.24. The molecule has 7 nitrogen and oxygen atoms in total. The Morgan fingerprint density at radius 1 is 1.19 bits per heavy atom. The molecule has 0 aliphatic rings. The minimum absolute atomic E-state index is 0.151. The number of para-hydroxylation sites is 2. The molecule has 2 aromatic heterocycles. The highest BCUT2D eigenvalue weighted by Crippen LogP contribution is 2.31. The lowest BCUT2D eigenvalue weighted by Gasteiger charge is -2.10. The fourth-order valence-electron chi connectivity index (χ4n) is 2.49. The topological polar surface area (TPSA) is 81.4 Å². The van der Waals surface area contributed by atoms with Crippen molar-refractivity contribution < 1.29 is 9.53 Å². The molecular weight excluding hydrogens is 386 g/mol. The summed E-state index contributed by atoms with van der Waals surface area (Å²) in [5, 5.41) is 16.7. The van der Waals surface area contributed by atoms with Crippen LogP contribution in [0.2, 0.25) is 5.02 Å². The van der Waals surface area contributed by atoms with Crippen molar-refractivity contribution in [2.24, 2.45) is 0 Å². The molecule has 0 bridgehead atoms. The molecule has 4 rings (SSSR count). The molecule has 2 aromatic carbocycles. The van der Waals surface area contributed by atoms with E-state index in [1.54, 1.807) is 28.8 Å². The maximum Gasteiger partial charge on any atom is 0.262 e. The predicted octanol–water partition coefficient (Wildman–Crippen LogP) is 3.83. The van der Waals surface area contributed by atoms with Gasteiger partial charge in [-0.2, -0.15) is 9.61 Å². The van der Waals surface area contributed by atoms with Gasteiger partial charge in [0.2, 0.25) is 4.96 Å². The van der Waals surface area contributed by atoms with E-state index in [4.69, 9.17) is 16.3 Å². The summed E-state index contributed by atoms with van der Waals surface area (Å²) in [6.07, 6.45) is 0. The highest BCUT2D eigenvalue weighted by atomic mass is 35.5. The second kappa shape index (κ2) is 7.34. The molecule has 0 saturated heterocycles. The standard InChI is InChI=1S/C18H14ClN5O2S/c1-11-21-22-18-24(11)23-17(27-18)12-6-2-4-8-14(12)20-16(25)10-26-15-9-5-3-7-13(15)19/h2-9H,10H2,1H3,(H,20,25). The second-order valence-corrected chi connectivity index (χ2v) is 7.02. The fourth-order valence-corrected chi connectivity index (χ4v) is 3.61. The molecule has 9 heteroatoms. The number of amides is 1. The lowest BCUT2D eigenvalue weighted by atomic mass is 10.2. The first kappa shape index (κ1) is 17.4. The Labute approximate surface area is 163 Å². The molecule has 1 N–H and O–H groups in total. The minimum Gasteiger partial charge on any atom is -0.482 e. The van der Waals surface area contributed by atoms with Crippen LogP contribution in [0.5, 0.6) is 5.75 Å². The first-order chi connectivity index (χ1) is 13.1. The molecule has 0 aliphatic heterocycles. The smallest absolute Gasteiger partial charge is 0.262 e. The first-order valence-corrected chi connectivity index (χ1v) is 9.26. The minimum atomic E-state index is -0.290. The first-order valence-electron chi connectivity index (χ1n) is 8.07. The van der Waals surface area contributed by atoms with Gasteiger partial charge in [-0.1, -0.05) is 47.2 Å². The van der Waals surface area contributed by atoms with Gasteiger partial charge in [0.25, 0.3) is 5.91 Å². The molecule has 0 atom stereocenters. The van der Waals surface area contributed by atoms with E-state index in [-0.39, 0.29) is 12.5 Å². The van der Waals surface area contributed by atoms with Crippen molar-refractivity contribution in [2.45, 2.75) is 6.92 Å². The molecule has 27 heavy (non-hydrogen) atoms. The SMILES string of the molecule is Cc1nnc2sc(-c3ccccc3NC(=O)COc3ccccc3Cl)nn12. The van der Waals surface area contributed by atoms with Gasteiger partial charge >= 0.3 is 0 Å². The van der Waals surface area contributed by atoms with E-state index in [0.717, 1.165) is 10.6 Å². The van der Waals surface area contributed by atoms with Crippen LogP contribution in [0.25, 0.3) is 15.5 Å². The normalized spacial score (nSPS) is 10.9. The third-order valence-electron chi connectivity index (χ3n) is 3.77.